The van der Waals surface area contributed by atoms with Crippen LogP contribution in [0.4, 0.5) is 0 Å². The van der Waals surface area contributed by atoms with E-state index < -0.39 is 5.97 Å². The Morgan fingerprint density at radius 3 is 2.58 bits per heavy atom. The third kappa shape index (κ3) is 5.18. The second kappa shape index (κ2) is 7.63. The molecule has 0 bridgehead atoms. The van der Waals surface area contributed by atoms with Crippen molar-refractivity contribution < 1.29 is 19.4 Å². The van der Waals surface area contributed by atoms with E-state index in [9.17, 15) is 4.79 Å². The normalized spacial score (nSPS) is 11.9. The number of benzene rings is 1. The van der Waals surface area contributed by atoms with Gasteiger partial charge in [0.1, 0.15) is 0 Å². The van der Waals surface area contributed by atoms with Gasteiger partial charge >= 0.3 is 5.97 Å². The van der Waals surface area contributed by atoms with Gasteiger partial charge in [-0.3, -0.25) is 4.79 Å². The van der Waals surface area contributed by atoms with Gasteiger partial charge in [0, 0.05) is 19.0 Å². The number of carbonyl (C=O) groups is 1. The maximum Gasteiger partial charge on any atom is 0.303 e. The van der Waals surface area contributed by atoms with Crippen LogP contribution < -0.4 is 14.8 Å². The Bertz CT molecular complexity index is 420. The van der Waals surface area contributed by atoms with E-state index in [1.165, 1.54) is 0 Å². The standard InChI is InChI=1S/C14H21NO4/c1-10(4-7-14(16)17)15-9-11-5-6-12(18-2)13(8-11)19-3/h5-6,8,10,15H,4,7,9H2,1-3H3,(H,16,17). The van der Waals surface area contributed by atoms with E-state index >= 15 is 0 Å². The van der Waals surface area contributed by atoms with Crippen LogP contribution in [0.25, 0.3) is 0 Å². The van der Waals surface area contributed by atoms with Crippen LogP contribution in [0.2, 0.25) is 0 Å². The third-order valence-corrected chi connectivity index (χ3v) is 2.89. The van der Waals surface area contributed by atoms with Crippen molar-refractivity contribution in [3.05, 3.63) is 23.8 Å². The van der Waals surface area contributed by atoms with E-state index in [-0.39, 0.29) is 12.5 Å². The summed E-state index contributed by atoms with van der Waals surface area (Å²) in [4.78, 5) is 10.5. The summed E-state index contributed by atoms with van der Waals surface area (Å²) in [6, 6.07) is 5.88. The molecule has 0 heterocycles. The van der Waals surface area contributed by atoms with Crippen molar-refractivity contribution >= 4 is 5.97 Å². The molecule has 0 saturated carbocycles. The SMILES string of the molecule is COc1ccc(CNC(C)CCC(=O)O)cc1OC. The number of carboxylic acid groups (broad SMARTS) is 1. The topological polar surface area (TPSA) is 67.8 Å². The Labute approximate surface area is 113 Å². The molecule has 0 aromatic heterocycles. The first-order chi connectivity index (χ1) is 9.06. The lowest BCUT2D eigenvalue weighted by atomic mass is 10.1. The number of carboxylic acids is 1. The number of aliphatic carboxylic acids is 1. The first kappa shape index (κ1) is 15.3. The molecular weight excluding hydrogens is 246 g/mol. The maximum atomic E-state index is 10.5. The lowest BCUT2D eigenvalue weighted by molar-refractivity contribution is -0.137. The predicted octanol–water partition coefficient (Wildman–Crippen LogP) is 2.05. The number of methoxy groups -OCH3 is 2. The molecule has 0 fully saturated rings. The first-order valence-electron chi connectivity index (χ1n) is 6.23. The summed E-state index contributed by atoms with van der Waals surface area (Å²) in [6.45, 7) is 2.64. The van der Waals surface area contributed by atoms with Gasteiger partial charge in [0.05, 0.1) is 14.2 Å². The van der Waals surface area contributed by atoms with E-state index in [0.717, 1.165) is 5.56 Å². The largest absolute Gasteiger partial charge is 0.493 e. The Balaban J connectivity index is 2.51. The van der Waals surface area contributed by atoms with E-state index in [4.69, 9.17) is 14.6 Å². The predicted molar refractivity (Wildman–Crippen MR) is 72.7 cm³/mol. The highest BCUT2D eigenvalue weighted by molar-refractivity contribution is 5.66. The Morgan fingerprint density at radius 2 is 2.00 bits per heavy atom. The average molecular weight is 267 g/mol. The van der Waals surface area contributed by atoms with Crippen LogP contribution in [-0.2, 0) is 11.3 Å². The molecule has 0 spiro atoms. The molecule has 106 valence electrons. The molecule has 0 amide bonds. The van der Waals surface area contributed by atoms with Crippen molar-refractivity contribution in [3.8, 4) is 11.5 Å². The quantitative estimate of drug-likeness (QED) is 0.754. The molecule has 1 aromatic rings. The zero-order valence-electron chi connectivity index (χ0n) is 11.6. The molecule has 1 aromatic carbocycles. The van der Waals surface area contributed by atoms with Crippen molar-refractivity contribution in [1.29, 1.82) is 0 Å². The molecule has 5 nitrogen and oxygen atoms in total. The van der Waals surface area contributed by atoms with Crippen LogP contribution in [0.5, 0.6) is 11.5 Å². The minimum atomic E-state index is -0.764. The summed E-state index contributed by atoms with van der Waals surface area (Å²) in [7, 11) is 3.20. The van der Waals surface area contributed by atoms with Gasteiger partial charge in [-0.25, -0.2) is 0 Å². The van der Waals surface area contributed by atoms with Crippen molar-refractivity contribution in [2.75, 3.05) is 14.2 Å². The summed E-state index contributed by atoms with van der Waals surface area (Å²) >= 11 is 0. The second-order valence-corrected chi connectivity index (χ2v) is 4.40. The number of nitrogens with one attached hydrogen (secondary N) is 1. The lowest BCUT2D eigenvalue weighted by Crippen LogP contribution is -2.26. The van der Waals surface area contributed by atoms with Crippen LogP contribution in [0.15, 0.2) is 18.2 Å². The molecule has 0 aliphatic heterocycles. The zero-order valence-corrected chi connectivity index (χ0v) is 11.6. The smallest absolute Gasteiger partial charge is 0.303 e. The van der Waals surface area contributed by atoms with Gasteiger partial charge in [-0.05, 0) is 31.0 Å². The van der Waals surface area contributed by atoms with Gasteiger partial charge < -0.3 is 19.9 Å². The zero-order chi connectivity index (χ0) is 14.3. The van der Waals surface area contributed by atoms with Crippen LogP contribution in [0, 0.1) is 0 Å². The minimum absolute atomic E-state index is 0.157. The highest BCUT2D eigenvalue weighted by Crippen LogP contribution is 2.27. The fraction of sp³-hybridized carbons (Fsp3) is 0.500. The van der Waals surface area contributed by atoms with E-state index in [1.54, 1.807) is 14.2 Å². The summed E-state index contributed by atoms with van der Waals surface area (Å²) < 4.78 is 10.4. The molecule has 1 unspecified atom stereocenters. The van der Waals surface area contributed by atoms with Gasteiger partial charge in [0.15, 0.2) is 11.5 Å². The van der Waals surface area contributed by atoms with E-state index in [1.807, 2.05) is 25.1 Å². The van der Waals surface area contributed by atoms with Crippen molar-refractivity contribution in [1.82, 2.24) is 5.32 Å². The van der Waals surface area contributed by atoms with Crippen LogP contribution >= 0.6 is 0 Å². The molecule has 0 saturated heterocycles. The Hall–Kier alpha value is -1.75. The molecule has 0 radical (unpaired) electrons. The third-order valence-electron chi connectivity index (χ3n) is 2.89. The molecule has 0 aliphatic rings. The number of hydrogen-bond donors (Lipinski definition) is 2. The maximum absolute atomic E-state index is 10.5. The summed E-state index contributed by atoms with van der Waals surface area (Å²) in [5.74, 6) is 0.630. The molecule has 2 N–H and O–H groups in total. The summed E-state index contributed by atoms with van der Waals surface area (Å²) in [5, 5.41) is 11.9. The molecule has 0 aliphatic carbocycles. The van der Waals surface area contributed by atoms with Gasteiger partial charge in [-0.15, -0.1) is 0 Å². The Kier molecular flexibility index (Phi) is 6.15. The summed E-state index contributed by atoms with van der Waals surface area (Å²) in [5.41, 5.74) is 1.07. The molecule has 1 atom stereocenters. The van der Waals surface area contributed by atoms with Crippen LogP contribution in [-0.4, -0.2) is 31.3 Å². The molecule has 5 heteroatoms. The average Bonchev–Trinajstić information content (AvgIpc) is 2.42. The monoisotopic (exact) mass is 267 g/mol. The minimum Gasteiger partial charge on any atom is -0.493 e. The summed E-state index contributed by atoms with van der Waals surface area (Å²) in [6.07, 6.45) is 0.794. The van der Waals surface area contributed by atoms with E-state index in [2.05, 4.69) is 5.32 Å². The number of rotatable bonds is 8. The number of hydrogen-bond acceptors (Lipinski definition) is 4. The first-order valence-corrected chi connectivity index (χ1v) is 6.23. The van der Waals surface area contributed by atoms with Crippen molar-refractivity contribution in [2.24, 2.45) is 0 Å². The fourth-order valence-electron chi connectivity index (χ4n) is 1.72. The van der Waals surface area contributed by atoms with Crippen molar-refractivity contribution in [3.63, 3.8) is 0 Å². The van der Waals surface area contributed by atoms with Gasteiger partial charge in [-0.1, -0.05) is 6.07 Å². The van der Waals surface area contributed by atoms with Crippen LogP contribution in [0.1, 0.15) is 25.3 Å². The molecular formula is C14H21NO4. The highest BCUT2D eigenvalue weighted by Gasteiger charge is 2.07. The second-order valence-electron chi connectivity index (χ2n) is 4.40. The lowest BCUT2D eigenvalue weighted by Gasteiger charge is -2.14. The molecule has 19 heavy (non-hydrogen) atoms. The van der Waals surface area contributed by atoms with Crippen molar-refractivity contribution in [2.45, 2.75) is 32.4 Å². The fourth-order valence-corrected chi connectivity index (χ4v) is 1.72. The van der Waals surface area contributed by atoms with Gasteiger partial charge in [0.2, 0.25) is 0 Å². The number of ether oxygens (including phenoxy) is 2. The Morgan fingerprint density at radius 1 is 1.32 bits per heavy atom. The molecule has 1 rings (SSSR count). The van der Waals surface area contributed by atoms with Crippen LogP contribution in [0.3, 0.4) is 0 Å². The van der Waals surface area contributed by atoms with Gasteiger partial charge in [0.25, 0.3) is 0 Å². The van der Waals surface area contributed by atoms with E-state index in [0.29, 0.717) is 24.5 Å². The van der Waals surface area contributed by atoms with Gasteiger partial charge in [-0.2, -0.15) is 0 Å². The highest BCUT2D eigenvalue weighted by atomic mass is 16.5.